The van der Waals surface area contributed by atoms with Gasteiger partial charge < -0.3 is 11.1 Å². The van der Waals surface area contributed by atoms with Crippen LogP contribution >= 0.6 is 12.2 Å². The molecule has 9 heteroatoms. The van der Waals surface area contributed by atoms with Gasteiger partial charge in [-0.1, -0.05) is 12.2 Å². The predicted octanol–water partition coefficient (Wildman–Crippen LogP) is 2.41. The third kappa shape index (κ3) is 2.67. The van der Waals surface area contributed by atoms with E-state index in [-0.39, 0.29) is 22.6 Å². The molecule has 0 saturated heterocycles. The van der Waals surface area contributed by atoms with E-state index in [1.165, 1.54) is 0 Å². The Labute approximate surface area is 115 Å². The largest absolute Gasteiger partial charge is 0.388 e. The van der Waals surface area contributed by atoms with Crippen LogP contribution < -0.4 is 11.1 Å². The van der Waals surface area contributed by atoms with E-state index in [4.69, 9.17) is 5.73 Å². The number of nitrogens with two attached hydrogens (primary N) is 1. The molecule has 0 fully saturated rings. The van der Waals surface area contributed by atoms with Gasteiger partial charge in [0.2, 0.25) is 0 Å². The molecule has 0 saturated carbocycles. The van der Waals surface area contributed by atoms with Crippen LogP contribution in [0.15, 0.2) is 18.5 Å². The summed E-state index contributed by atoms with van der Waals surface area (Å²) in [6.07, 6.45) is 2.21. The highest BCUT2D eigenvalue weighted by atomic mass is 32.1. The number of hydrogen-bond acceptors (Lipinski definition) is 4. The average Bonchev–Trinajstić information content (AvgIpc) is 2.42. The number of hydrogen-bond donors (Lipinski definition) is 2. The van der Waals surface area contributed by atoms with Crippen molar-refractivity contribution in [1.82, 2.24) is 9.97 Å². The summed E-state index contributed by atoms with van der Waals surface area (Å²) in [5.74, 6) is -6.32. The molecule has 0 aliphatic carbocycles. The first-order chi connectivity index (χ1) is 9.40. The first-order valence-electron chi connectivity index (χ1n) is 5.12. The highest BCUT2D eigenvalue weighted by Gasteiger charge is 2.19. The Morgan fingerprint density at radius 2 is 1.65 bits per heavy atom. The topological polar surface area (TPSA) is 63.8 Å². The SMILES string of the molecule is NC(=S)c1cnc(Nc2c(F)c(F)cc(F)c2F)cn1. The molecule has 0 radical (unpaired) electrons. The number of nitrogens with one attached hydrogen (secondary N) is 1. The zero-order valence-electron chi connectivity index (χ0n) is 9.62. The monoisotopic (exact) mass is 302 g/mol. The maximum absolute atomic E-state index is 13.4. The lowest BCUT2D eigenvalue weighted by Gasteiger charge is -2.09. The fourth-order valence-corrected chi connectivity index (χ4v) is 1.44. The minimum Gasteiger partial charge on any atom is -0.388 e. The van der Waals surface area contributed by atoms with Crippen LogP contribution in [0.2, 0.25) is 0 Å². The molecule has 2 aromatic rings. The van der Waals surface area contributed by atoms with Crippen molar-refractivity contribution in [2.75, 3.05) is 5.32 Å². The van der Waals surface area contributed by atoms with Crippen molar-refractivity contribution in [2.24, 2.45) is 5.73 Å². The van der Waals surface area contributed by atoms with Gasteiger partial charge >= 0.3 is 0 Å². The molecule has 20 heavy (non-hydrogen) atoms. The first-order valence-corrected chi connectivity index (χ1v) is 5.53. The molecule has 104 valence electrons. The van der Waals surface area contributed by atoms with Gasteiger partial charge in [0, 0.05) is 6.07 Å². The number of aromatic nitrogens is 2. The molecule has 0 aliphatic heterocycles. The molecule has 0 aliphatic rings. The Morgan fingerprint density at radius 3 is 2.10 bits per heavy atom. The summed E-state index contributed by atoms with van der Waals surface area (Å²) in [5, 5.41) is 2.10. The minimum absolute atomic E-state index is 0.0155. The highest BCUT2D eigenvalue weighted by Crippen LogP contribution is 2.26. The number of halogens is 4. The lowest BCUT2D eigenvalue weighted by molar-refractivity contribution is 0.459. The smallest absolute Gasteiger partial charge is 0.185 e. The highest BCUT2D eigenvalue weighted by molar-refractivity contribution is 7.80. The fourth-order valence-electron chi connectivity index (χ4n) is 1.33. The number of anilines is 2. The summed E-state index contributed by atoms with van der Waals surface area (Å²) in [6, 6.07) is 0.109. The van der Waals surface area contributed by atoms with Gasteiger partial charge in [0.15, 0.2) is 23.3 Å². The van der Waals surface area contributed by atoms with Gasteiger partial charge in [0.25, 0.3) is 0 Å². The molecule has 1 aromatic heterocycles. The average molecular weight is 302 g/mol. The van der Waals surface area contributed by atoms with E-state index in [0.29, 0.717) is 0 Å². The molecule has 0 bridgehead atoms. The molecule has 4 nitrogen and oxygen atoms in total. The van der Waals surface area contributed by atoms with Crippen LogP contribution in [-0.2, 0) is 0 Å². The number of thiocarbonyl (C=S) groups is 1. The molecule has 0 spiro atoms. The maximum Gasteiger partial charge on any atom is 0.185 e. The Morgan fingerprint density at radius 1 is 1.05 bits per heavy atom. The molecule has 1 aromatic carbocycles. The van der Waals surface area contributed by atoms with E-state index >= 15 is 0 Å². The molecule has 1 heterocycles. The van der Waals surface area contributed by atoms with E-state index in [1.54, 1.807) is 0 Å². The van der Waals surface area contributed by atoms with Gasteiger partial charge in [-0.05, 0) is 0 Å². The Kier molecular flexibility index (Phi) is 3.79. The van der Waals surface area contributed by atoms with Gasteiger partial charge in [-0.3, -0.25) is 0 Å². The van der Waals surface area contributed by atoms with Crippen LogP contribution in [0, 0.1) is 23.3 Å². The molecule has 3 N–H and O–H groups in total. The summed E-state index contributed by atoms with van der Waals surface area (Å²) >= 11 is 4.65. The van der Waals surface area contributed by atoms with E-state index in [9.17, 15) is 17.6 Å². The summed E-state index contributed by atoms with van der Waals surface area (Å²) in [6.45, 7) is 0. The second-order valence-electron chi connectivity index (χ2n) is 3.62. The standard InChI is InChI=1S/C11H6F4N4S/c12-4-1-5(13)9(15)10(8(4)14)19-7-3-17-6(2-18-7)11(16)20/h1-3H,(H2,16,20)(H,18,19). The molecule has 0 amide bonds. The van der Waals surface area contributed by atoms with Gasteiger partial charge in [0.05, 0.1) is 12.4 Å². The number of rotatable bonds is 3. The van der Waals surface area contributed by atoms with Crippen LogP contribution in [0.5, 0.6) is 0 Å². The van der Waals surface area contributed by atoms with E-state index in [1.807, 2.05) is 0 Å². The summed E-state index contributed by atoms with van der Waals surface area (Å²) < 4.78 is 52.8. The number of nitrogens with zero attached hydrogens (tertiary/aromatic N) is 2. The lowest BCUT2D eigenvalue weighted by atomic mass is 10.2. The van der Waals surface area contributed by atoms with Crippen molar-refractivity contribution in [3.63, 3.8) is 0 Å². The number of benzene rings is 1. The molecule has 2 rings (SSSR count). The zero-order chi connectivity index (χ0) is 14.9. The molecule has 0 unspecified atom stereocenters. The molecular weight excluding hydrogens is 296 g/mol. The Hall–Kier alpha value is -2.29. The second-order valence-corrected chi connectivity index (χ2v) is 4.06. The zero-order valence-corrected chi connectivity index (χ0v) is 10.4. The van der Waals surface area contributed by atoms with Crippen molar-refractivity contribution < 1.29 is 17.6 Å². The predicted molar refractivity (Wildman–Crippen MR) is 67.5 cm³/mol. The Balaban J connectivity index is 2.37. The van der Waals surface area contributed by atoms with Gasteiger partial charge in [-0.2, -0.15) is 0 Å². The maximum atomic E-state index is 13.4. The summed E-state index contributed by atoms with van der Waals surface area (Å²) in [4.78, 5) is 7.46. The van der Waals surface area contributed by atoms with Crippen LogP contribution in [0.3, 0.4) is 0 Å². The molecular formula is C11H6F4N4S. The third-order valence-corrected chi connectivity index (χ3v) is 2.48. The van der Waals surface area contributed by atoms with Crippen LogP contribution in [0.25, 0.3) is 0 Å². The van der Waals surface area contributed by atoms with Crippen LogP contribution in [0.1, 0.15) is 5.69 Å². The van der Waals surface area contributed by atoms with Crippen molar-refractivity contribution >= 4 is 28.7 Å². The van der Waals surface area contributed by atoms with Crippen molar-refractivity contribution in [3.05, 3.63) is 47.4 Å². The van der Waals surface area contributed by atoms with Crippen LogP contribution in [-0.4, -0.2) is 15.0 Å². The minimum atomic E-state index is -1.57. The van der Waals surface area contributed by atoms with E-state index < -0.39 is 29.0 Å². The molecule has 0 atom stereocenters. The van der Waals surface area contributed by atoms with Crippen LogP contribution in [0.4, 0.5) is 29.1 Å². The summed E-state index contributed by atoms with van der Waals surface area (Å²) in [7, 11) is 0. The first kappa shape index (κ1) is 14.1. The lowest BCUT2D eigenvalue weighted by Crippen LogP contribution is -2.12. The third-order valence-electron chi connectivity index (χ3n) is 2.27. The normalized spacial score (nSPS) is 10.4. The summed E-state index contributed by atoms with van der Waals surface area (Å²) in [5.41, 5.74) is 4.49. The van der Waals surface area contributed by atoms with Crippen molar-refractivity contribution in [1.29, 1.82) is 0 Å². The van der Waals surface area contributed by atoms with E-state index in [2.05, 4.69) is 27.5 Å². The van der Waals surface area contributed by atoms with Gasteiger partial charge in [-0.25, -0.2) is 27.5 Å². The second kappa shape index (κ2) is 5.37. The van der Waals surface area contributed by atoms with Crippen molar-refractivity contribution in [2.45, 2.75) is 0 Å². The fraction of sp³-hybridized carbons (Fsp3) is 0. The van der Waals surface area contributed by atoms with Gasteiger partial charge in [-0.15, -0.1) is 0 Å². The van der Waals surface area contributed by atoms with Gasteiger partial charge in [0.1, 0.15) is 22.2 Å². The Bertz CT molecular complexity index is 649. The van der Waals surface area contributed by atoms with E-state index in [0.717, 1.165) is 12.4 Å². The quantitative estimate of drug-likeness (QED) is 0.518. The van der Waals surface area contributed by atoms with Crippen molar-refractivity contribution in [3.8, 4) is 0 Å².